The van der Waals surface area contributed by atoms with Crippen LogP contribution in [0.25, 0.3) is 16.9 Å². The Bertz CT molecular complexity index is 1170. The molecule has 168 valence electrons. The third kappa shape index (κ3) is 5.23. The van der Waals surface area contributed by atoms with E-state index in [1.165, 1.54) is 0 Å². The van der Waals surface area contributed by atoms with E-state index in [-0.39, 0.29) is 11.9 Å². The minimum Gasteiger partial charge on any atom is -0.345 e. The molecule has 0 saturated carbocycles. The number of unbranched alkanes of at least 4 members (excludes halogenated alkanes) is 2. The molecule has 1 N–H and O–H groups in total. The fourth-order valence-corrected chi connectivity index (χ4v) is 4.23. The Labute approximate surface area is 196 Å². The van der Waals surface area contributed by atoms with Crippen LogP contribution in [0.15, 0.2) is 91.0 Å². The first kappa shape index (κ1) is 22.5. The second-order valence-corrected chi connectivity index (χ2v) is 8.35. The van der Waals surface area contributed by atoms with Crippen LogP contribution >= 0.6 is 0 Å². The molecule has 0 fully saturated rings. The Balaban J connectivity index is 1.73. The molecular formula is C29H31N3O. The molecule has 1 atom stereocenters. The third-order valence-corrected chi connectivity index (χ3v) is 5.99. The molecule has 3 aromatic carbocycles. The van der Waals surface area contributed by atoms with Gasteiger partial charge in [-0.1, -0.05) is 105 Å². The number of hydrogen-bond acceptors (Lipinski definition) is 2. The maximum Gasteiger partial charge on any atom is 0.255 e. The van der Waals surface area contributed by atoms with Gasteiger partial charge in [0.2, 0.25) is 0 Å². The standard InChI is InChI=1S/C29H31N3O/c1-3-4-8-21-26(23-15-9-5-10-16-23)30-29(33)27-22(2)32(25-19-13-7-14-20-25)31-28(27)24-17-11-6-12-18-24/h5-7,9-20,26H,3-4,8,21H2,1-2H3,(H,30,33). The second-order valence-electron chi connectivity index (χ2n) is 8.35. The SMILES string of the molecule is CCCCCC(NC(=O)c1c(-c2ccccc2)nn(-c2ccccc2)c1C)c1ccccc1. The number of nitrogens with zero attached hydrogens (tertiary/aromatic N) is 2. The predicted molar refractivity (Wildman–Crippen MR) is 135 cm³/mol. The highest BCUT2D eigenvalue weighted by Gasteiger charge is 2.25. The van der Waals surface area contributed by atoms with Gasteiger partial charge in [0.25, 0.3) is 5.91 Å². The molecule has 0 saturated heterocycles. The lowest BCUT2D eigenvalue weighted by atomic mass is 9.99. The summed E-state index contributed by atoms with van der Waals surface area (Å²) in [7, 11) is 0. The zero-order chi connectivity index (χ0) is 23.0. The minimum atomic E-state index is -0.0844. The molecule has 4 heteroatoms. The summed E-state index contributed by atoms with van der Waals surface area (Å²) in [5.74, 6) is -0.0844. The fourth-order valence-electron chi connectivity index (χ4n) is 4.23. The lowest BCUT2D eigenvalue weighted by molar-refractivity contribution is 0.0934. The quantitative estimate of drug-likeness (QED) is 0.290. The number of para-hydroxylation sites is 1. The van der Waals surface area contributed by atoms with Crippen molar-refractivity contribution in [3.05, 3.63) is 108 Å². The number of aromatic nitrogens is 2. The molecule has 33 heavy (non-hydrogen) atoms. The van der Waals surface area contributed by atoms with E-state index in [1.807, 2.05) is 90.5 Å². The van der Waals surface area contributed by atoms with Gasteiger partial charge >= 0.3 is 0 Å². The van der Waals surface area contributed by atoms with Crippen molar-refractivity contribution in [3.63, 3.8) is 0 Å². The highest BCUT2D eigenvalue weighted by molar-refractivity contribution is 6.01. The lowest BCUT2D eigenvalue weighted by Gasteiger charge is -2.20. The van der Waals surface area contributed by atoms with Gasteiger partial charge in [-0.2, -0.15) is 5.10 Å². The van der Waals surface area contributed by atoms with Gasteiger partial charge in [-0.15, -0.1) is 0 Å². The number of carbonyl (C=O) groups is 1. The van der Waals surface area contributed by atoms with E-state index in [1.54, 1.807) is 0 Å². The second kappa shape index (κ2) is 10.8. The summed E-state index contributed by atoms with van der Waals surface area (Å²) in [6.45, 7) is 4.17. The highest BCUT2D eigenvalue weighted by atomic mass is 16.1. The summed E-state index contributed by atoms with van der Waals surface area (Å²) in [6.07, 6.45) is 4.29. The van der Waals surface area contributed by atoms with E-state index in [0.717, 1.165) is 48.2 Å². The van der Waals surface area contributed by atoms with Gasteiger partial charge in [0.1, 0.15) is 5.69 Å². The van der Waals surface area contributed by atoms with Gasteiger partial charge in [0.15, 0.2) is 0 Å². The maximum atomic E-state index is 13.8. The van der Waals surface area contributed by atoms with Crippen LogP contribution in [0.5, 0.6) is 0 Å². The van der Waals surface area contributed by atoms with Crippen molar-refractivity contribution < 1.29 is 4.79 Å². The number of hydrogen-bond donors (Lipinski definition) is 1. The first-order chi connectivity index (χ1) is 16.2. The van der Waals surface area contributed by atoms with Crippen LogP contribution in [0.2, 0.25) is 0 Å². The Kier molecular flexibility index (Phi) is 7.36. The third-order valence-electron chi connectivity index (χ3n) is 5.99. The van der Waals surface area contributed by atoms with Crippen LogP contribution in [0.1, 0.15) is 60.3 Å². The number of nitrogens with one attached hydrogen (secondary N) is 1. The molecule has 1 amide bonds. The number of amides is 1. The Morgan fingerprint density at radius 1 is 0.879 bits per heavy atom. The normalized spacial score (nSPS) is 11.8. The number of rotatable bonds is 9. The van der Waals surface area contributed by atoms with Gasteiger partial charge < -0.3 is 5.32 Å². The molecule has 0 radical (unpaired) electrons. The lowest BCUT2D eigenvalue weighted by Crippen LogP contribution is -2.29. The maximum absolute atomic E-state index is 13.8. The highest BCUT2D eigenvalue weighted by Crippen LogP contribution is 2.29. The molecule has 1 aromatic heterocycles. The van der Waals surface area contributed by atoms with Crippen molar-refractivity contribution in [1.82, 2.24) is 15.1 Å². The van der Waals surface area contributed by atoms with E-state index >= 15 is 0 Å². The molecule has 0 aliphatic rings. The van der Waals surface area contributed by atoms with E-state index in [0.29, 0.717) is 11.3 Å². The molecule has 1 heterocycles. The Morgan fingerprint density at radius 3 is 2.12 bits per heavy atom. The molecule has 0 spiro atoms. The average Bonchev–Trinajstić information content (AvgIpc) is 3.22. The molecule has 0 aliphatic carbocycles. The fraction of sp³-hybridized carbons (Fsp3) is 0.241. The summed E-state index contributed by atoms with van der Waals surface area (Å²) >= 11 is 0. The van der Waals surface area contributed by atoms with Crippen LogP contribution in [-0.2, 0) is 0 Å². The van der Waals surface area contributed by atoms with E-state index in [9.17, 15) is 4.79 Å². The summed E-state index contributed by atoms with van der Waals surface area (Å²) in [4.78, 5) is 13.8. The zero-order valence-corrected chi connectivity index (χ0v) is 19.4. The van der Waals surface area contributed by atoms with E-state index in [2.05, 4.69) is 24.4 Å². The summed E-state index contributed by atoms with van der Waals surface area (Å²) in [6, 6.07) is 30.1. The van der Waals surface area contributed by atoms with Crippen LogP contribution in [0, 0.1) is 6.92 Å². The topological polar surface area (TPSA) is 46.9 Å². The smallest absolute Gasteiger partial charge is 0.255 e. The van der Waals surface area contributed by atoms with Crippen molar-refractivity contribution in [2.24, 2.45) is 0 Å². The molecule has 4 aromatic rings. The van der Waals surface area contributed by atoms with Gasteiger partial charge in [-0.05, 0) is 31.0 Å². The molecule has 0 aliphatic heterocycles. The summed E-state index contributed by atoms with van der Waals surface area (Å²) < 4.78 is 1.87. The van der Waals surface area contributed by atoms with E-state index < -0.39 is 0 Å². The molecule has 4 rings (SSSR count). The van der Waals surface area contributed by atoms with Crippen molar-refractivity contribution >= 4 is 5.91 Å². The first-order valence-electron chi connectivity index (χ1n) is 11.7. The number of carbonyl (C=O) groups excluding carboxylic acids is 1. The van der Waals surface area contributed by atoms with Crippen LogP contribution < -0.4 is 5.32 Å². The zero-order valence-electron chi connectivity index (χ0n) is 19.4. The van der Waals surface area contributed by atoms with Gasteiger partial charge in [0, 0.05) is 5.56 Å². The average molecular weight is 438 g/mol. The Morgan fingerprint density at radius 2 is 1.48 bits per heavy atom. The van der Waals surface area contributed by atoms with Crippen molar-refractivity contribution in [3.8, 4) is 16.9 Å². The van der Waals surface area contributed by atoms with Crippen LogP contribution in [-0.4, -0.2) is 15.7 Å². The molecular weight excluding hydrogens is 406 g/mol. The van der Waals surface area contributed by atoms with Crippen molar-refractivity contribution in [2.45, 2.75) is 45.6 Å². The number of benzene rings is 3. The molecule has 0 bridgehead atoms. The van der Waals surface area contributed by atoms with E-state index in [4.69, 9.17) is 5.10 Å². The largest absolute Gasteiger partial charge is 0.345 e. The Hall–Kier alpha value is -3.66. The predicted octanol–water partition coefficient (Wildman–Crippen LogP) is 6.90. The molecule has 1 unspecified atom stereocenters. The van der Waals surface area contributed by atoms with Crippen molar-refractivity contribution in [1.29, 1.82) is 0 Å². The molecule has 4 nitrogen and oxygen atoms in total. The van der Waals surface area contributed by atoms with Gasteiger partial charge in [0.05, 0.1) is 23.0 Å². The van der Waals surface area contributed by atoms with Crippen molar-refractivity contribution in [2.75, 3.05) is 0 Å². The van der Waals surface area contributed by atoms with Crippen LogP contribution in [0.3, 0.4) is 0 Å². The first-order valence-corrected chi connectivity index (χ1v) is 11.7. The summed E-state index contributed by atoms with van der Waals surface area (Å²) in [5.41, 5.74) is 5.17. The van der Waals surface area contributed by atoms with Gasteiger partial charge in [-0.3, -0.25) is 4.79 Å². The van der Waals surface area contributed by atoms with Gasteiger partial charge in [-0.25, -0.2) is 4.68 Å². The van der Waals surface area contributed by atoms with Crippen LogP contribution in [0.4, 0.5) is 0 Å². The monoisotopic (exact) mass is 437 g/mol. The summed E-state index contributed by atoms with van der Waals surface area (Å²) in [5, 5.41) is 8.21. The minimum absolute atomic E-state index is 0.0339.